The second-order valence-electron chi connectivity index (χ2n) is 9.04. The first-order valence-electron chi connectivity index (χ1n) is 11.6. The molecule has 1 aliphatic heterocycles. The number of nitrogens with zero attached hydrogens (tertiary/aromatic N) is 2. The van der Waals surface area contributed by atoms with Crippen LogP contribution in [0.5, 0.6) is 0 Å². The highest BCUT2D eigenvalue weighted by Crippen LogP contribution is 2.40. The summed E-state index contributed by atoms with van der Waals surface area (Å²) in [5, 5.41) is 0.774. The summed E-state index contributed by atoms with van der Waals surface area (Å²) in [5.74, 6) is 2.02. The van der Waals surface area contributed by atoms with E-state index in [2.05, 4.69) is 9.97 Å². The Morgan fingerprint density at radius 1 is 1.25 bits per heavy atom. The van der Waals surface area contributed by atoms with Crippen molar-refractivity contribution in [2.75, 3.05) is 12.9 Å². The van der Waals surface area contributed by atoms with Gasteiger partial charge in [0.1, 0.15) is 16.7 Å². The van der Waals surface area contributed by atoms with E-state index in [0.717, 1.165) is 55.2 Å². The molecule has 1 saturated carbocycles. The fourth-order valence-electron chi connectivity index (χ4n) is 5.74. The van der Waals surface area contributed by atoms with Gasteiger partial charge in [-0.25, -0.2) is 9.78 Å². The van der Waals surface area contributed by atoms with Crippen LogP contribution in [-0.2, 0) is 32.9 Å². The zero-order valence-electron chi connectivity index (χ0n) is 18.4. The summed E-state index contributed by atoms with van der Waals surface area (Å²) in [6.45, 7) is 0. The maximum atomic E-state index is 13.1. The van der Waals surface area contributed by atoms with Crippen molar-refractivity contribution in [2.45, 2.75) is 75.6 Å². The molecule has 1 N–H and O–H groups in total. The Bertz CT molecular complexity index is 1090. The SMILES string of the molecule is COC(=O)C1CC2CCCCC2N1C(=O)CCSCc1nc2sc3c(c2c(=O)[nH]1)CCC3. The van der Waals surface area contributed by atoms with Crippen LogP contribution in [-0.4, -0.2) is 51.7 Å². The van der Waals surface area contributed by atoms with Crippen molar-refractivity contribution >= 4 is 45.2 Å². The van der Waals surface area contributed by atoms with Gasteiger partial charge in [0.2, 0.25) is 5.91 Å². The van der Waals surface area contributed by atoms with E-state index in [1.54, 1.807) is 23.1 Å². The van der Waals surface area contributed by atoms with Crippen molar-refractivity contribution in [2.24, 2.45) is 5.92 Å². The van der Waals surface area contributed by atoms with Gasteiger partial charge >= 0.3 is 5.97 Å². The summed E-state index contributed by atoms with van der Waals surface area (Å²) in [6.07, 6.45) is 8.60. The molecule has 2 aromatic heterocycles. The van der Waals surface area contributed by atoms with Crippen molar-refractivity contribution in [3.8, 4) is 0 Å². The molecule has 0 aromatic carbocycles. The predicted molar refractivity (Wildman–Crippen MR) is 126 cm³/mol. The van der Waals surface area contributed by atoms with Gasteiger partial charge in [-0.05, 0) is 50.0 Å². The summed E-state index contributed by atoms with van der Waals surface area (Å²) in [5.41, 5.74) is 1.15. The van der Waals surface area contributed by atoms with E-state index in [1.165, 1.54) is 24.0 Å². The summed E-state index contributed by atoms with van der Waals surface area (Å²) in [7, 11) is 1.40. The molecule has 9 heteroatoms. The topological polar surface area (TPSA) is 92.4 Å². The van der Waals surface area contributed by atoms with Crippen molar-refractivity contribution in [3.63, 3.8) is 0 Å². The van der Waals surface area contributed by atoms with Crippen molar-refractivity contribution in [1.29, 1.82) is 0 Å². The van der Waals surface area contributed by atoms with Gasteiger partial charge in [0.05, 0.1) is 18.2 Å². The number of thioether (sulfide) groups is 1. The molecule has 172 valence electrons. The van der Waals surface area contributed by atoms with Gasteiger partial charge in [-0.2, -0.15) is 11.8 Å². The number of amides is 1. The highest BCUT2D eigenvalue weighted by Gasteiger charge is 2.47. The van der Waals surface area contributed by atoms with Crippen LogP contribution in [0.4, 0.5) is 0 Å². The highest BCUT2D eigenvalue weighted by atomic mass is 32.2. The molecule has 0 radical (unpaired) electrons. The van der Waals surface area contributed by atoms with Gasteiger partial charge in [-0.1, -0.05) is 12.8 Å². The lowest BCUT2D eigenvalue weighted by Gasteiger charge is -2.33. The van der Waals surface area contributed by atoms with Crippen LogP contribution in [0.2, 0.25) is 0 Å². The first-order chi connectivity index (χ1) is 15.6. The number of aryl methyl sites for hydroxylation is 2. The van der Waals surface area contributed by atoms with Crippen LogP contribution >= 0.6 is 23.1 Å². The number of carbonyl (C=O) groups is 2. The second-order valence-corrected chi connectivity index (χ2v) is 11.2. The van der Waals surface area contributed by atoms with Crippen molar-refractivity contribution in [1.82, 2.24) is 14.9 Å². The van der Waals surface area contributed by atoms with E-state index in [4.69, 9.17) is 4.74 Å². The van der Waals surface area contributed by atoms with Gasteiger partial charge in [-0.3, -0.25) is 9.59 Å². The van der Waals surface area contributed by atoms with Crippen LogP contribution < -0.4 is 5.56 Å². The molecule has 3 unspecified atom stereocenters. The first-order valence-corrected chi connectivity index (χ1v) is 13.5. The Balaban J connectivity index is 1.20. The molecular formula is C23H29N3O4S2. The Kier molecular flexibility index (Phi) is 6.29. The standard InChI is InChI=1S/C23H29N3O4S2/c1-30-23(29)16-11-13-5-2-3-7-15(13)26(16)19(27)9-10-31-12-18-24-21(28)20-14-6-4-8-17(14)32-22(20)25-18/h13,15-16H,2-12H2,1H3,(H,24,25,28). The summed E-state index contributed by atoms with van der Waals surface area (Å²) in [4.78, 5) is 49.6. The third-order valence-corrected chi connectivity index (χ3v) is 9.33. The molecule has 2 fully saturated rings. The number of hydrogen-bond acceptors (Lipinski definition) is 7. The molecule has 3 atom stereocenters. The van der Waals surface area contributed by atoms with Crippen molar-refractivity contribution < 1.29 is 14.3 Å². The zero-order chi connectivity index (χ0) is 22.2. The molecule has 7 nitrogen and oxygen atoms in total. The van der Waals surface area contributed by atoms with Crippen LogP contribution in [0.1, 0.15) is 61.2 Å². The van der Waals surface area contributed by atoms with Gasteiger partial charge < -0.3 is 14.6 Å². The van der Waals surface area contributed by atoms with Gasteiger partial charge in [0.25, 0.3) is 5.56 Å². The zero-order valence-corrected chi connectivity index (χ0v) is 20.0. The number of likely N-dealkylation sites (tertiary alicyclic amines) is 1. The first kappa shape index (κ1) is 21.9. The number of esters is 1. The van der Waals surface area contributed by atoms with Crippen LogP contribution in [0, 0.1) is 5.92 Å². The fourth-order valence-corrected chi connectivity index (χ4v) is 7.81. The molecule has 2 aliphatic carbocycles. The van der Waals surface area contributed by atoms with Gasteiger partial charge in [-0.15, -0.1) is 11.3 Å². The minimum atomic E-state index is -0.438. The van der Waals surface area contributed by atoms with E-state index < -0.39 is 6.04 Å². The minimum Gasteiger partial charge on any atom is -0.467 e. The number of H-pyrrole nitrogens is 1. The van der Waals surface area contributed by atoms with Crippen LogP contribution in [0.3, 0.4) is 0 Å². The molecule has 0 bridgehead atoms. The van der Waals surface area contributed by atoms with E-state index in [0.29, 0.717) is 29.7 Å². The monoisotopic (exact) mass is 475 g/mol. The van der Waals surface area contributed by atoms with Crippen molar-refractivity contribution in [3.05, 3.63) is 26.6 Å². The number of aromatic amines is 1. The Morgan fingerprint density at radius 3 is 2.94 bits per heavy atom. The number of nitrogens with one attached hydrogen (secondary N) is 1. The number of ether oxygens (including phenoxy) is 1. The van der Waals surface area contributed by atoms with E-state index in [-0.39, 0.29) is 23.5 Å². The highest BCUT2D eigenvalue weighted by molar-refractivity contribution is 7.98. The number of carbonyl (C=O) groups excluding carboxylic acids is 2. The molecular weight excluding hydrogens is 446 g/mol. The average molecular weight is 476 g/mol. The molecule has 3 heterocycles. The third-order valence-electron chi connectivity index (χ3n) is 7.17. The fraction of sp³-hybridized carbons (Fsp3) is 0.652. The third kappa shape index (κ3) is 3.98. The lowest BCUT2D eigenvalue weighted by Crippen LogP contribution is -2.46. The lowest BCUT2D eigenvalue weighted by molar-refractivity contribution is -0.152. The Labute approximate surface area is 195 Å². The van der Waals surface area contributed by atoms with E-state index in [1.807, 2.05) is 4.90 Å². The maximum absolute atomic E-state index is 13.1. The summed E-state index contributed by atoms with van der Waals surface area (Å²) < 4.78 is 4.99. The second kappa shape index (κ2) is 9.17. The number of fused-ring (bicyclic) bond motifs is 4. The summed E-state index contributed by atoms with van der Waals surface area (Å²) >= 11 is 3.24. The molecule has 32 heavy (non-hydrogen) atoms. The maximum Gasteiger partial charge on any atom is 0.328 e. The molecule has 1 saturated heterocycles. The van der Waals surface area contributed by atoms with E-state index in [9.17, 15) is 14.4 Å². The molecule has 2 aromatic rings. The van der Waals surface area contributed by atoms with Gasteiger partial charge in [0.15, 0.2) is 0 Å². The molecule has 1 amide bonds. The van der Waals surface area contributed by atoms with Gasteiger partial charge in [0, 0.05) is 23.1 Å². The summed E-state index contributed by atoms with van der Waals surface area (Å²) in [6, 6.07) is -0.265. The van der Waals surface area contributed by atoms with E-state index >= 15 is 0 Å². The number of hydrogen-bond donors (Lipinski definition) is 1. The predicted octanol–water partition coefficient (Wildman–Crippen LogP) is 3.43. The normalized spacial score (nSPS) is 24.5. The largest absolute Gasteiger partial charge is 0.467 e. The average Bonchev–Trinajstić information content (AvgIpc) is 3.48. The number of aromatic nitrogens is 2. The Hall–Kier alpha value is -1.87. The molecule has 5 rings (SSSR count). The minimum absolute atomic E-state index is 0.0360. The number of rotatable bonds is 6. The number of methoxy groups -OCH3 is 1. The smallest absolute Gasteiger partial charge is 0.328 e. The quantitative estimate of drug-likeness (QED) is 0.508. The molecule has 0 spiro atoms. The number of thiophene rings is 1. The lowest BCUT2D eigenvalue weighted by atomic mass is 9.84. The Morgan fingerprint density at radius 2 is 2.09 bits per heavy atom. The van der Waals surface area contributed by atoms with Crippen LogP contribution in [0.15, 0.2) is 4.79 Å². The van der Waals surface area contributed by atoms with Crippen LogP contribution in [0.25, 0.3) is 10.2 Å². The molecule has 3 aliphatic rings.